The summed E-state index contributed by atoms with van der Waals surface area (Å²) in [4.78, 5) is 48.8. The lowest BCUT2D eigenvalue weighted by molar-refractivity contribution is -0.152. The molecule has 4 aliphatic heterocycles. The van der Waals surface area contributed by atoms with Crippen LogP contribution in [0.25, 0.3) is 0 Å². The van der Waals surface area contributed by atoms with Crippen molar-refractivity contribution in [3.8, 4) is 0 Å². The molecule has 9 heteroatoms. The number of fused-ring (bicyclic) bond motifs is 2. The Bertz CT molecular complexity index is 1460. The van der Waals surface area contributed by atoms with Crippen molar-refractivity contribution in [2.45, 2.75) is 57.0 Å². The molecule has 4 heterocycles. The first-order valence-electron chi connectivity index (χ1n) is 15.0. The fourth-order valence-corrected chi connectivity index (χ4v) is 7.61. The minimum Gasteiger partial charge on any atom is -0.394 e. The molecule has 0 aromatic heterocycles. The summed E-state index contributed by atoms with van der Waals surface area (Å²) in [6, 6.07) is 15.1. The average molecular weight is 604 g/mol. The van der Waals surface area contributed by atoms with E-state index < -0.39 is 35.1 Å². The second kappa shape index (κ2) is 11.2. The highest BCUT2D eigenvalue weighted by Gasteiger charge is 2.75. The van der Waals surface area contributed by atoms with Crippen LogP contribution in [-0.2, 0) is 25.7 Å². The topological polar surface area (TPSA) is 90.4 Å². The number of carbonyl (C=O) groups is 3. The van der Waals surface area contributed by atoms with Crippen LogP contribution >= 0.6 is 11.6 Å². The van der Waals surface area contributed by atoms with Crippen LogP contribution in [0.15, 0.2) is 78.9 Å². The monoisotopic (exact) mass is 603 g/mol. The van der Waals surface area contributed by atoms with Crippen LogP contribution in [0.1, 0.15) is 32.8 Å². The van der Waals surface area contributed by atoms with Crippen molar-refractivity contribution in [1.82, 2.24) is 9.80 Å². The molecule has 3 amide bonds. The molecule has 226 valence electrons. The van der Waals surface area contributed by atoms with Crippen molar-refractivity contribution in [2.24, 2.45) is 17.8 Å². The minimum atomic E-state index is -1.40. The molecule has 0 radical (unpaired) electrons. The molecule has 7 atom stereocenters. The van der Waals surface area contributed by atoms with Crippen molar-refractivity contribution in [3.63, 3.8) is 0 Å². The second-order valence-corrected chi connectivity index (χ2v) is 12.7. The number of hydrogen-bond donors (Lipinski definition) is 1. The molecule has 2 fully saturated rings. The van der Waals surface area contributed by atoms with E-state index >= 15 is 0 Å². The molecule has 2 saturated heterocycles. The van der Waals surface area contributed by atoms with Gasteiger partial charge in [0, 0.05) is 30.3 Å². The molecule has 1 N–H and O–H groups in total. The molecule has 0 aliphatic carbocycles. The highest BCUT2D eigenvalue weighted by molar-refractivity contribution is 6.30. The SMILES string of the molecule is CC[C@H](C)[C@H](CO)N1C(=O)[C@@H]2[C@@H]3C(=O)N(Cc4ccccc4)CC=C[C@]3(C)O[C@@]23C=CCN(c2ccc(Cl)cc2)C(=O)C13. The van der Waals surface area contributed by atoms with Gasteiger partial charge in [0.2, 0.25) is 11.8 Å². The Morgan fingerprint density at radius 2 is 1.65 bits per heavy atom. The third-order valence-corrected chi connectivity index (χ3v) is 10.0. The summed E-state index contributed by atoms with van der Waals surface area (Å²) in [6.07, 6.45) is 8.20. The molecule has 1 spiro atoms. The van der Waals surface area contributed by atoms with Gasteiger partial charge in [-0.2, -0.15) is 0 Å². The van der Waals surface area contributed by atoms with Gasteiger partial charge in [-0.25, -0.2) is 0 Å². The van der Waals surface area contributed by atoms with Gasteiger partial charge < -0.3 is 24.5 Å². The van der Waals surface area contributed by atoms with Crippen LogP contribution in [0.4, 0.5) is 5.69 Å². The van der Waals surface area contributed by atoms with E-state index in [2.05, 4.69) is 0 Å². The van der Waals surface area contributed by atoms with Crippen molar-refractivity contribution >= 4 is 35.0 Å². The molecule has 2 aromatic rings. The first-order chi connectivity index (χ1) is 20.6. The van der Waals surface area contributed by atoms with Crippen LogP contribution in [0, 0.1) is 17.8 Å². The Balaban J connectivity index is 1.47. The molecule has 0 bridgehead atoms. The molecule has 8 nitrogen and oxygen atoms in total. The Labute approximate surface area is 257 Å². The fourth-order valence-electron chi connectivity index (χ4n) is 7.48. The average Bonchev–Trinajstić information content (AvgIpc) is 3.27. The van der Waals surface area contributed by atoms with E-state index in [1.165, 1.54) is 0 Å². The van der Waals surface area contributed by atoms with Gasteiger partial charge in [-0.1, -0.05) is 86.5 Å². The van der Waals surface area contributed by atoms with Crippen molar-refractivity contribution in [1.29, 1.82) is 0 Å². The van der Waals surface area contributed by atoms with Gasteiger partial charge in [-0.05, 0) is 42.7 Å². The summed E-state index contributed by atoms with van der Waals surface area (Å²) < 4.78 is 6.95. The number of halogens is 1. The van der Waals surface area contributed by atoms with Gasteiger partial charge >= 0.3 is 0 Å². The van der Waals surface area contributed by atoms with E-state index in [1.807, 2.05) is 75.4 Å². The molecule has 2 aromatic carbocycles. The zero-order valence-corrected chi connectivity index (χ0v) is 25.5. The van der Waals surface area contributed by atoms with Gasteiger partial charge in [-0.15, -0.1) is 0 Å². The molecular weight excluding hydrogens is 566 g/mol. The lowest BCUT2D eigenvalue weighted by atomic mass is 9.74. The first-order valence-corrected chi connectivity index (χ1v) is 15.4. The number of aliphatic hydroxyl groups excluding tert-OH is 1. The van der Waals surface area contributed by atoms with E-state index in [1.54, 1.807) is 39.0 Å². The zero-order chi connectivity index (χ0) is 30.5. The quantitative estimate of drug-likeness (QED) is 0.479. The normalized spacial score (nSPS) is 31.4. The number of nitrogens with zero attached hydrogens (tertiary/aromatic N) is 3. The third-order valence-electron chi connectivity index (χ3n) is 9.78. The van der Waals surface area contributed by atoms with E-state index in [4.69, 9.17) is 16.3 Å². The van der Waals surface area contributed by atoms with Crippen LogP contribution in [0.2, 0.25) is 5.02 Å². The van der Waals surface area contributed by atoms with Crippen LogP contribution in [0.5, 0.6) is 0 Å². The molecule has 1 unspecified atom stereocenters. The van der Waals surface area contributed by atoms with E-state index in [0.717, 1.165) is 5.56 Å². The highest BCUT2D eigenvalue weighted by atomic mass is 35.5. The maximum Gasteiger partial charge on any atom is 0.253 e. The van der Waals surface area contributed by atoms with Crippen molar-refractivity contribution in [3.05, 3.63) is 89.5 Å². The number of amides is 3. The summed E-state index contributed by atoms with van der Waals surface area (Å²) in [7, 11) is 0. The lowest BCUT2D eigenvalue weighted by Crippen LogP contribution is -2.60. The number of ether oxygens (including phenoxy) is 1. The largest absolute Gasteiger partial charge is 0.394 e. The standard InChI is InChI=1S/C34H38ClN3O5/c1-4-22(2)26(21-39)38-29-32(42)37(25-14-12-24(35)13-15-25)19-9-17-34(29)28(31(38)41)27-30(40)36(18-8-16-33(27,3)43-34)20-23-10-6-5-7-11-23/h5-17,22,26-29,39H,4,18-21H2,1-3H3/t22-,26-,27+,28-,29?,33-,34-/m0/s1. The van der Waals surface area contributed by atoms with E-state index in [-0.39, 0.29) is 36.8 Å². The number of anilines is 1. The third kappa shape index (κ3) is 4.71. The molecule has 43 heavy (non-hydrogen) atoms. The van der Waals surface area contributed by atoms with Crippen LogP contribution in [0.3, 0.4) is 0 Å². The maximum atomic E-state index is 14.8. The predicted octanol–water partition coefficient (Wildman–Crippen LogP) is 4.22. The smallest absolute Gasteiger partial charge is 0.253 e. The summed E-state index contributed by atoms with van der Waals surface area (Å²) >= 11 is 6.15. The summed E-state index contributed by atoms with van der Waals surface area (Å²) in [5.41, 5.74) is -0.887. The lowest BCUT2D eigenvalue weighted by Gasteiger charge is -2.41. The number of hydrogen-bond acceptors (Lipinski definition) is 5. The first kappa shape index (κ1) is 29.6. The number of aliphatic hydroxyl groups is 1. The van der Waals surface area contributed by atoms with E-state index in [0.29, 0.717) is 30.2 Å². The van der Waals surface area contributed by atoms with Gasteiger partial charge in [0.25, 0.3) is 5.91 Å². The Morgan fingerprint density at radius 1 is 0.953 bits per heavy atom. The molecular formula is C34H38ClN3O5. The molecule has 0 saturated carbocycles. The Hall–Kier alpha value is -3.46. The van der Waals surface area contributed by atoms with Crippen LogP contribution in [-0.4, -0.2) is 75.6 Å². The Kier molecular flexibility index (Phi) is 7.73. The second-order valence-electron chi connectivity index (χ2n) is 12.3. The zero-order valence-electron chi connectivity index (χ0n) is 24.7. The minimum absolute atomic E-state index is 0.0977. The van der Waals surface area contributed by atoms with Gasteiger partial charge in [0.15, 0.2) is 0 Å². The number of rotatable bonds is 7. The summed E-state index contributed by atoms with van der Waals surface area (Å²) in [6.45, 7) is 6.53. The van der Waals surface area contributed by atoms with Crippen molar-refractivity contribution < 1.29 is 24.2 Å². The van der Waals surface area contributed by atoms with Gasteiger partial charge in [0.1, 0.15) is 11.6 Å². The Morgan fingerprint density at radius 3 is 2.33 bits per heavy atom. The van der Waals surface area contributed by atoms with Crippen molar-refractivity contribution in [2.75, 3.05) is 24.6 Å². The van der Waals surface area contributed by atoms with E-state index in [9.17, 15) is 19.5 Å². The molecule has 4 aliphatic rings. The number of carbonyl (C=O) groups excluding carboxylic acids is 3. The predicted molar refractivity (Wildman–Crippen MR) is 164 cm³/mol. The van der Waals surface area contributed by atoms with Gasteiger partial charge in [-0.3, -0.25) is 14.4 Å². The summed E-state index contributed by atoms with van der Waals surface area (Å²) in [5, 5.41) is 11.2. The summed E-state index contributed by atoms with van der Waals surface area (Å²) in [5.74, 6) is -2.74. The van der Waals surface area contributed by atoms with Gasteiger partial charge in [0.05, 0.1) is 30.1 Å². The number of likely N-dealkylation sites (tertiary alicyclic amines) is 1. The number of benzene rings is 2. The maximum absolute atomic E-state index is 14.8. The van der Waals surface area contributed by atoms with Crippen LogP contribution < -0.4 is 4.90 Å². The fraction of sp³-hybridized carbons (Fsp3) is 0.441. The molecule has 6 rings (SSSR count). The highest BCUT2D eigenvalue weighted by Crippen LogP contribution is 2.58.